The summed E-state index contributed by atoms with van der Waals surface area (Å²) >= 11 is 0. The fourth-order valence-corrected chi connectivity index (χ4v) is 2.36. The molecule has 0 bridgehead atoms. The van der Waals surface area contributed by atoms with Crippen molar-refractivity contribution < 1.29 is 4.74 Å². The molecule has 0 amide bonds. The summed E-state index contributed by atoms with van der Waals surface area (Å²) < 4.78 is 5.41. The summed E-state index contributed by atoms with van der Waals surface area (Å²) in [6.07, 6.45) is 2.33. The van der Waals surface area contributed by atoms with Crippen LogP contribution in [0.15, 0.2) is 0 Å². The van der Waals surface area contributed by atoms with Crippen LogP contribution in [0.2, 0.25) is 0 Å². The van der Waals surface area contributed by atoms with E-state index in [1.54, 1.807) is 0 Å². The molecule has 0 radical (unpaired) electrons. The third-order valence-corrected chi connectivity index (χ3v) is 3.78. The van der Waals surface area contributed by atoms with Crippen LogP contribution in [-0.4, -0.2) is 26.3 Å². The molecule has 1 N–H and O–H groups in total. The highest BCUT2D eigenvalue weighted by atomic mass is 16.5. The summed E-state index contributed by atoms with van der Waals surface area (Å²) in [6.45, 7) is 12.1. The maximum Gasteiger partial charge on any atom is 0.0697 e. The van der Waals surface area contributed by atoms with Gasteiger partial charge in [0, 0.05) is 26.3 Å². The Morgan fingerprint density at radius 2 is 1.76 bits per heavy atom. The molecule has 0 aliphatic carbocycles. The highest BCUT2D eigenvalue weighted by Gasteiger charge is 2.31. The summed E-state index contributed by atoms with van der Waals surface area (Å²) in [4.78, 5) is 0. The molecule has 98 valence electrons. The van der Waals surface area contributed by atoms with Crippen LogP contribution in [0.5, 0.6) is 0 Å². The van der Waals surface area contributed by atoms with Crippen molar-refractivity contribution in [1.82, 2.24) is 5.32 Å². The molecule has 1 heterocycles. The summed E-state index contributed by atoms with van der Waals surface area (Å²) in [5, 5.41) is 12.4. The van der Waals surface area contributed by atoms with Gasteiger partial charge in [0.25, 0.3) is 0 Å². The first-order valence-corrected chi connectivity index (χ1v) is 6.57. The molecular formula is C14H26N2O. The Bertz CT molecular complexity index is 272. The van der Waals surface area contributed by atoms with Crippen LogP contribution in [-0.2, 0) is 4.74 Å². The standard InChI is InChI=1S/C14H26N2O/c1-13(2,9-15)10-16-11-14(3,4)12-5-7-17-8-6-12/h12,16H,5-8,10-11H2,1-4H3. The average molecular weight is 238 g/mol. The first-order chi connectivity index (χ1) is 7.87. The monoisotopic (exact) mass is 238 g/mol. The van der Waals surface area contributed by atoms with Crippen LogP contribution in [0.3, 0.4) is 0 Å². The van der Waals surface area contributed by atoms with Gasteiger partial charge in [-0.25, -0.2) is 0 Å². The number of hydrogen-bond acceptors (Lipinski definition) is 3. The number of rotatable bonds is 5. The van der Waals surface area contributed by atoms with Crippen LogP contribution in [0.1, 0.15) is 40.5 Å². The summed E-state index contributed by atoms with van der Waals surface area (Å²) in [5.41, 5.74) is 0.0150. The van der Waals surface area contributed by atoms with Gasteiger partial charge in [0.05, 0.1) is 11.5 Å². The molecular weight excluding hydrogens is 212 g/mol. The van der Waals surface area contributed by atoms with Crippen molar-refractivity contribution in [1.29, 1.82) is 5.26 Å². The Kier molecular flexibility index (Phi) is 4.97. The van der Waals surface area contributed by atoms with Gasteiger partial charge in [-0.2, -0.15) is 5.26 Å². The van der Waals surface area contributed by atoms with Crippen molar-refractivity contribution in [3.8, 4) is 6.07 Å². The van der Waals surface area contributed by atoms with Gasteiger partial charge in [-0.1, -0.05) is 13.8 Å². The van der Waals surface area contributed by atoms with Gasteiger partial charge >= 0.3 is 0 Å². The number of nitrogens with zero attached hydrogens (tertiary/aromatic N) is 1. The van der Waals surface area contributed by atoms with Gasteiger partial charge in [0.15, 0.2) is 0 Å². The lowest BCUT2D eigenvalue weighted by molar-refractivity contribution is 0.0224. The van der Waals surface area contributed by atoms with Crippen LogP contribution < -0.4 is 5.32 Å². The number of ether oxygens (including phenoxy) is 1. The quantitative estimate of drug-likeness (QED) is 0.800. The molecule has 17 heavy (non-hydrogen) atoms. The van der Waals surface area contributed by atoms with E-state index in [4.69, 9.17) is 10.00 Å². The second-order valence-electron chi connectivity index (χ2n) is 6.47. The van der Waals surface area contributed by atoms with E-state index in [1.807, 2.05) is 13.8 Å². The minimum atomic E-state index is -0.272. The molecule has 0 spiro atoms. The molecule has 1 aliphatic heterocycles. The van der Waals surface area contributed by atoms with E-state index in [0.29, 0.717) is 0 Å². The van der Waals surface area contributed by atoms with E-state index in [-0.39, 0.29) is 10.8 Å². The topological polar surface area (TPSA) is 45.0 Å². The van der Waals surface area contributed by atoms with Crippen molar-refractivity contribution in [2.24, 2.45) is 16.7 Å². The van der Waals surface area contributed by atoms with Gasteiger partial charge < -0.3 is 10.1 Å². The molecule has 3 heteroatoms. The van der Waals surface area contributed by atoms with Gasteiger partial charge in [-0.3, -0.25) is 0 Å². The fraction of sp³-hybridized carbons (Fsp3) is 0.929. The van der Waals surface area contributed by atoms with Crippen LogP contribution >= 0.6 is 0 Å². The van der Waals surface area contributed by atoms with Crippen LogP contribution in [0, 0.1) is 28.1 Å². The average Bonchev–Trinajstić information content (AvgIpc) is 2.30. The van der Waals surface area contributed by atoms with Gasteiger partial charge in [0.2, 0.25) is 0 Å². The molecule has 1 fully saturated rings. The number of nitrogens with one attached hydrogen (secondary N) is 1. The predicted octanol–water partition coefficient (Wildman–Crippen LogP) is 2.58. The minimum Gasteiger partial charge on any atom is -0.381 e. The lowest BCUT2D eigenvalue weighted by atomic mass is 9.74. The van der Waals surface area contributed by atoms with Crippen LogP contribution in [0.4, 0.5) is 0 Å². The van der Waals surface area contributed by atoms with Gasteiger partial charge in [-0.15, -0.1) is 0 Å². The normalized spacial score (nSPS) is 19.0. The zero-order valence-electron chi connectivity index (χ0n) is 11.7. The Morgan fingerprint density at radius 3 is 2.29 bits per heavy atom. The van der Waals surface area contributed by atoms with Crippen molar-refractivity contribution in [3.63, 3.8) is 0 Å². The highest BCUT2D eigenvalue weighted by Crippen LogP contribution is 2.33. The second-order valence-corrected chi connectivity index (χ2v) is 6.47. The molecule has 0 saturated carbocycles. The lowest BCUT2D eigenvalue weighted by Gasteiger charge is -2.37. The second kappa shape index (κ2) is 5.84. The van der Waals surface area contributed by atoms with Crippen molar-refractivity contribution >= 4 is 0 Å². The fourth-order valence-electron chi connectivity index (χ4n) is 2.36. The molecule has 0 unspecified atom stereocenters. The molecule has 0 atom stereocenters. The third-order valence-electron chi connectivity index (χ3n) is 3.78. The first kappa shape index (κ1) is 14.5. The SMILES string of the molecule is CC(C)(C#N)CNCC(C)(C)C1CCOCC1. The smallest absolute Gasteiger partial charge is 0.0697 e. The molecule has 0 aromatic rings. The van der Waals surface area contributed by atoms with E-state index in [1.165, 1.54) is 0 Å². The Morgan fingerprint density at radius 1 is 1.18 bits per heavy atom. The van der Waals surface area contributed by atoms with Crippen molar-refractivity contribution in [3.05, 3.63) is 0 Å². The first-order valence-electron chi connectivity index (χ1n) is 6.57. The van der Waals surface area contributed by atoms with Crippen molar-refractivity contribution in [2.75, 3.05) is 26.3 Å². The van der Waals surface area contributed by atoms with Crippen LogP contribution in [0.25, 0.3) is 0 Å². The largest absolute Gasteiger partial charge is 0.381 e. The van der Waals surface area contributed by atoms with E-state index < -0.39 is 0 Å². The molecule has 1 rings (SSSR count). The minimum absolute atomic E-state index is 0.272. The zero-order chi connectivity index (χ0) is 12.9. The van der Waals surface area contributed by atoms with E-state index in [2.05, 4.69) is 25.2 Å². The van der Waals surface area contributed by atoms with E-state index >= 15 is 0 Å². The van der Waals surface area contributed by atoms with Gasteiger partial charge in [-0.05, 0) is 38.0 Å². The number of hydrogen-bond donors (Lipinski definition) is 1. The highest BCUT2D eigenvalue weighted by molar-refractivity contribution is 4.94. The summed E-state index contributed by atoms with van der Waals surface area (Å²) in [7, 11) is 0. The molecule has 1 saturated heterocycles. The predicted molar refractivity (Wildman–Crippen MR) is 69.6 cm³/mol. The summed E-state index contributed by atoms with van der Waals surface area (Å²) in [5.74, 6) is 0.731. The lowest BCUT2D eigenvalue weighted by Crippen LogP contribution is -2.41. The number of nitriles is 1. The molecule has 0 aromatic heterocycles. The zero-order valence-corrected chi connectivity index (χ0v) is 11.7. The Labute approximate surface area is 106 Å². The Balaban J connectivity index is 2.36. The molecule has 1 aliphatic rings. The van der Waals surface area contributed by atoms with E-state index in [9.17, 15) is 0 Å². The maximum atomic E-state index is 8.97. The van der Waals surface area contributed by atoms with E-state index in [0.717, 1.165) is 45.1 Å². The molecule has 0 aromatic carbocycles. The maximum absolute atomic E-state index is 8.97. The molecule has 3 nitrogen and oxygen atoms in total. The van der Waals surface area contributed by atoms with Crippen molar-refractivity contribution in [2.45, 2.75) is 40.5 Å². The Hall–Kier alpha value is -0.590. The van der Waals surface area contributed by atoms with Gasteiger partial charge in [0.1, 0.15) is 0 Å². The third kappa shape index (κ3) is 4.65. The summed E-state index contributed by atoms with van der Waals surface area (Å²) in [6, 6.07) is 2.32.